The number of carbonyl (C=O) groups is 2. The molecule has 2 aromatic rings. The maximum absolute atomic E-state index is 12.8. The van der Waals surface area contributed by atoms with Crippen LogP contribution in [0, 0.1) is 0 Å². The van der Waals surface area contributed by atoms with Crippen molar-refractivity contribution in [1.82, 2.24) is 14.8 Å². The number of urea groups is 1. The van der Waals surface area contributed by atoms with Crippen LogP contribution in [0.25, 0.3) is 10.9 Å². The van der Waals surface area contributed by atoms with Crippen LogP contribution < -0.4 is 0 Å². The van der Waals surface area contributed by atoms with Gasteiger partial charge >= 0.3 is 6.03 Å². The molecule has 0 spiro atoms. The zero-order valence-electron chi connectivity index (χ0n) is 13.7. The number of hydrogen-bond acceptors (Lipinski definition) is 3. The van der Waals surface area contributed by atoms with E-state index >= 15 is 0 Å². The lowest BCUT2D eigenvalue weighted by atomic mass is 9.93. The van der Waals surface area contributed by atoms with E-state index in [0.29, 0.717) is 13.0 Å². The molecule has 0 aliphatic carbocycles. The maximum Gasteiger partial charge on any atom is 0.328 e. The molecule has 4 rings (SSSR count). The molecule has 3 heterocycles. The molecule has 6 heteroatoms. The largest absolute Gasteiger partial charge is 0.394 e. The van der Waals surface area contributed by atoms with Crippen LogP contribution in [0.4, 0.5) is 4.79 Å². The summed E-state index contributed by atoms with van der Waals surface area (Å²) in [5.41, 5.74) is 2.88. The van der Waals surface area contributed by atoms with Gasteiger partial charge in [-0.25, -0.2) is 4.79 Å². The summed E-state index contributed by atoms with van der Waals surface area (Å²) in [6.45, 7) is 2.29. The van der Waals surface area contributed by atoms with E-state index < -0.39 is 12.1 Å². The van der Waals surface area contributed by atoms with Gasteiger partial charge in [0, 0.05) is 29.6 Å². The van der Waals surface area contributed by atoms with Crippen molar-refractivity contribution in [2.24, 2.45) is 0 Å². The number of fused-ring (bicyclic) bond motifs is 4. The fraction of sp³-hybridized carbons (Fsp3) is 0.444. The van der Waals surface area contributed by atoms with Gasteiger partial charge in [-0.05, 0) is 18.1 Å². The summed E-state index contributed by atoms with van der Waals surface area (Å²) in [6.07, 6.45) is 2.23. The molecule has 1 aromatic heterocycles. The van der Waals surface area contributed by atoms with Crippen LogP contribution in [-0.2, 0) is 11.2 Å². The van der Waals surface area contributed by atoms with Gasteiger partial charge in [-0.2, -0.15) is 0 Å². The van der Waals surface area contributed by atoms with Crippen LogP contribution in [0.5, 0.6) is 0 Å². The van der Waals surface area contributed by atoms with Gasteiger partial charge in [-0.15, -0.1) is 0 Å². The second-order valence-electron chi connectivity index (χ2n) is 6.51. The molecule has 2 N–H and O–H groups in total. The average Bonchev–Trinajstić information content (AvgIpc) is 3.08. The monoisotopic (exact) mass is 327 g/mol. The number of aromatic nitrogens is 1. The van der Waals surface area contributed by atoms with E-state index in [2.05, 4.69) is 4.98 Å². The normalized spacial score (nSPS) is 23.1. The van der Waals surface area contributed by atoms with Gasteiger partial charge in [0.25, 0.3) is 5.91 Å². The summed E-state index contributed by atoms with van der Waals surface area (Å²) in [5.74, 6) is -0.136. The first-order valence-corrected chi connectivity index (χ1v) is 8.51. The first-order chi connectivity index (χ1) is 11.7. The smallest absolute Gasteiger partial charge is 0.328 e. The fourth-order valence-corrected chi connectivity index (χ4v) is 3.96. The molecule has 2 unspecified atom stereocenters. The Morgan fingerprint density at radius 3 is 2.83 bits per heavy atom. The first-order valence-electron chi connectivity index (χ1n) is 8.51. The van der Waals surface area contributed by atoms with Crippen LogP contribution in [0.1, 0.15) is 37.1 Å². The highest BCUT2D eigenvalue weighted by Gasteiger charge is 2.51. The molecule has 0 bridgehead atoms. The number of rotatable bonds is 4. The third kappa shape index (κ3) is 1.99. The quantitative estimate of drug-likeness (QED) is 0.845. The number of benzene rings is 1. The third-order valence-corrected chi connectivity index (χ3v) is 5.16. The lowest BCUT2D eigenvalue weighted by Crippen LogP contribution is -2.45. The molecule has 126 valence electrons. The summed E-state index contributed by atoms with van der Waals surface area (Å²) in [6, 6.07) is 6.64. The summed E-state index contributed by atoms with van der Waals surface area (Å²) >= 11 is 0. The number of para-hydroxylation sites is 1. The number of aliphatic hydroxyl groups excluding tert-OH is 1. The van der Waals surface area contributed by atoms with Crippen molar-refractivity contribution in [3.8, 4) is 0 Å². The van der Waals surface area contributed by atoms with Crippen molar-refractivity contribution in [3.05, 3.63) is 35.5 Å². The highest BCUT2D eigenvalue weighted by molar-refractivity contribution is 6.05. The number of unbranched alkanes of at least 4 members (excludes halogenated alkanes) is 1. The first kappa shape index (κ1) is 15.2. The molecule has 2 aliphatic heterocycles. The Kier molecular flexibility index (Phi) is 3.57. The van der Waals surface area contributed by atoms with Crippen molar-refractivity contribution in [3.63, 3.8) is 0 Å². The minimum Gasteiger partial charge on any atom is -0.394 e. The second-order valence-corrected chi connectivity index (χ2v) is 6.51. The van der Waals surface area contributed by atoms with Gasteiger partial charge in [-0.3, -0.25) is 9.69 Å². The minimum absolute atomic E-state index is 0.136. The highest BCUT2D eigenvalue weighted by Crippen LogP contribution is 2.40. The Bertz CT molecular complexity index is 813. The van der Waals surface area contributed by atoms with E-state index in [4.69, 9.17) is 0 Å². The van der Waals surface area contributed by atoms with Gasteiger partial charge in [0.2, 0.25) is 0 Å². The van der Waals surface area contributed by atoms with Gasteiger partial charge in [0.15, 0.2) is 0 Å². The number of hydrogen-bond donors (Lipinski definition) is 2. The second kappa shape index (κ2) is 5.63. The zero-order valence-corrected chi connectivity index (χ0v) is 13.7. The van der Waals surface area contributed by atoms with Crippen molar-refractivity contribution < 1.29 is 14.7 Å². The minimum atomic E-state index is -0.502. The molecule has 1 fully saturated rings. The summed E-state index contributed by atoms with van der Waals surface area (Å²) < 4.78 is 0. The molecular formula is C18H21N3O3. The Balaban J connectivity index is 1.78. The Hall–Kier alpha value is -2.34. The summed E-state index contributed by atoms with van der Waals surface area (Å²) in [4.78, 5) is 31.8. The lowest BCUT2D eigenvalue weighted by Gasteiger charge is -2.34. The number of carbonyl (C=O) groups excluding carboxylic acids is 2. The van der Waals surface area contributed by atoms with E-state index in [1.165, 1.54) is 4.90 Å². The number of nitrogens with one attached hydrogen (secondary N) is 1. The van der Waals surface area contributed by atoms with Gasteiger partial charge in [0.05, 0.1) is 12.6 Å². The molecule has 3 amide bonds. The third-order valence-electron chi connectivity index (χ3n) is 5.16. The molecular weight excluding hydrogens is 306 g/mol. The molecule has 6 nitrogen and oxygen atoms in total. The summed E-state index contributed by atoms with van der Waals surface area (Å²) in [7, 11) is 0. The van der Waals surface area contributed by atoms with Gasteiger partial charge < -0.3 is 15.0 Å². The molecule has 1 saturated heterocycles. The number of aliphatic hydroxyl groups is 1. The number of imide groups is 1. The van der Waals surface area contributed by atoms with Crippen LogP contribution in [0.2, 0.25) is 0 Å². The average molecular weight is 327 g/mol. The van der Waals surface area contributed by atoms with Crippen molar-refractivity contribution in [2.45, 2.75) is 38.3 Å². The van der Waals surface area contributed by atoms with Crippen LogP contribution in [-0.4, -0.2) is 51.0 Å². The van der Waals surface area contributed by atoms with Crippen LogP contribution in [0.3, 0.4) is 0 Å². The van der Waals surface area contributed by atoms with Crippen molar-refractivity contribution in [2.75, 3.05) is 13.2 Å². The topological polar surface area (TPSA) is 76.6 Å². The predicted octanol–water partition coefficient (Wildman–Crippen LogP) is 2.19. The predicted molar refractivity (Wildman–Crippen MR) is 89.5 cm³/mol. The fourth-order valence-electron chi connectivity index (χ4n) is 3.96. The van der Waals surface area contributed by atoms with E-state index in [1.807, 2.05) is 31.2 Å². The maximum atomic E-state index is 12.8. The van der Waals surface area contributed by atoms with Gasteiger partial charge in [0.1, 0.15) is 6.04 Å². The molecule has 24 heavy (non-hydrogen) atoms. The molecule has 2 atom stereocenters. The number of nitrogens with zero attached hydrogens (tertiary/aromatic N) is 2. The molecule has 1 aromatic carbocycles. The molecule has 2 aliphatic rings. The lowest BCUT2D eigenvalue weighted by molar-refractivity contribution is -0.128. The van der Waals surface area contributed by atoms with E-state index in [0.717, 1.165) is 35.0 Å². The number of amides is 3. The number of aromatic amines is 1. The molecule has 0 radical (unpaired) electrons. The van der Waals surface area contributed by atoms with E-state index in [9.17, 15) is 14.7 Å². The standard InChI is InChI=1S/C18H21N3O3/c1-2-3-8-20-17(23)14-9-12-11-6-4-5-7-13(11)19-16(12)15(10-22)21(14)18(20)24/h4-7,14-15,19,22H,2-3,8-10H2,1H3. The Labute approximate surface area is 140 Å². The van der Waals surface area contributed by atoms with Crippen molar-refractivity contribution >= 4 is 22.8 Å². The van der Waals surface area contributed by atoms with Gasteiger partial charge in [-0.1, -0.05) is 31.5 Å². The van der Waals surface area contributed by atoms with E-state index in [1.54, 1.807) is 4.90 Å². The Morgan fingerprint density at radius 1 is 1.29 bits per heavy atom. The number of H-pyrrole nitrogens is 1. The van der Waals surface area contributed by atoms with Crippen LogP contribution in [0.15, 0.2) is 24.3 Å². The van der Waals surface area contributed by atoms with Crippen LogP contribution >= 0.6 is 0 Å². The SMILES string of the molecule is CCCCN1C(=O)C2Cc3c([nH]c4ccccc34)C(CO)N2C1=O. The van der Waals surface area contributed by atoms with E-state index in [-0.39, 0.29) is 18.5 Å². The summed E-state index contributed by atoms with van der Waals surface area (Å²) in [5, 5.41) is 11.0. The molecule has 0 saturated carbocycles. The Morgan fingerprint density at radius 2 is 2.08 bits per heavy atom. The highest BCUT2D eigenvalue weighted by atomic mass is 16.3. The van der Waals surface area contributed by atoms with Crippen molar-refractivity contribution in [1.29, 1.82) is 0 Å². The zero-order chi connectivity index (χ0) is 16.8.